The number of aliphatic imine (C=N–C) groups is 1. The van der Waals surface area contributed by atoms with Crippen LogP contribution in [0.15, 0.2) is 41.4 Å². The van der Waals surface area contributed by atoms with E-state index in [1.165, 1.54) is 22.4 Å². The standard InChI is InChI=1S/C22H30N4O2/c1-23-22(24-14-16-6-8-19(9-7-16)25(2)3)26-11-10-17-12-20(27-4)21(28-5)13-18(17)15-26/h6-9,12-13H,10-11,14-15H2,1-5H3,(H,23,24). The van der Waals surface area contributed by atoms with Gasteiger partial charge in [0.15, 0.2) is 17.5 Å². The summed E-state index contributed by atoms with van der Waals surface area (Å²) in [6.45, 7) is 2.46. The molecule has 0 spiro atoms. The average Bonchev–Trinajstić information content (AvgIpc) is 2.73. The SMILES string of the molecule is CN=C(NCc1ccc(N(C)C)cc1)N1CCc2cc(OC)c(OC)cc2C1. The molecule has 0 aromatic heterocycles. The molecule has 1 aliphatic heterocycles. The predicted octanol–water partition coefficient (Wildman–Crippen LogP) is 2.90. The third-order valence-electron chi connectivity index (χ3n) is 5.13. The highest BCUT2D eigenvalue weighted by Gasteiger charge is 2.21. The minimum absolute atomic E-state index is 0.746. The van der Waals surface area contributed by atoms with E-state index >= 15 is 0 Å². The van der Waals surface area contributed by atoms with Crippen molar-refractivity contribution in [1.29, 1.82) is 0 Å². The zero-order valence-electron chi connectivity index (χ0n) is 17.5. The van der Waals surface area contributed by atoms with Gasteiger partial charge in [-0.3, -0.25) is 4.99 Å². The zero-order valence-corrected chi connectivity index (χ0v) is 17.5. The number of hydrogen-bond acceptors (Lipinski definition) is 4. The van der Waals surface area contributed by atoms with Crippen molar-refractivity contribution in [3.8, 4) is 11.5 Å². The van der Waals surface area contributed by atoms with Gasteiger partial charge in [0.1, 0.15) is 0 Å². The Labute approximate surface area is 167 Å². The molecule has 2 aromatic carbocycles. The summed E-state index contributed by atoms with van der Waals surface area (Å²) in [6, 6.07) is 12.7. The second-order valence-electron chi connectivity index (χ2n) is 7.11. The molecule has 0 fully saturated rings. The summed E-state index contributed by atoms with van der Waals surface area (Å²) in [5, 5.41) is 3.49. The molecule has 6 nitrogen and oxygen atoms in total. The Hall–Kier alpha value is -2.89. The molecule has 0 unspecified atom stereocenters. The van der Waals surface area contributed by atoms with Gasteiger partial charge in [-0.1, -0.05) is 12.1 Å². The summed E-state index contributed by atoms with van der Waals surface area (Å²) in [7, 11) is 9.28. The highest BCUT2D eigenvalue weighted by Crippen LogP contribution is 2.33. The molecular weight excluding hydrogens is 352 g/mol. The maximum absolute atomic E-state index is 5.46. The molecule has 0 saturated heterocycles. The molecule has 28 heavy (non-hydrogen) atoms. The van der Waals surface area contributed by atoms with E-state index in [0.29, 0.717) is 0 Å². The van der Waals surface area contributed by atoms with E-state index in [4.69, 9.17) is 9.47 Å². The Bertz CT molecular complexity index is 831. The molecule has 0 amide bonds. The van der Waals surface area contributed by atoms with Gasteiger partial charge in [-0.15, -0.1) is 0 Å². The second kappa shape index (κ2) is 8.87. The Morgan fingerprint density at radius 2 is 1.71 bits per heavy atom. The third kappa shape index (κ3) is 4.32. The van der Waals surface area contributed by atoms with Gasteiger partial charge in [-0.05, 0) is 47.4 Å². The molecule has 0 bridgehead atoms. The van der Waals surface area contributed by atoms with Crippen LogP contribution in [0, 0.1) is 0 Å². The monoisotopic (exact) mass is 382 g/mol. The van der Waals surface area contributed by atoms with Gasteiger partial charge in [0.25, 0.3) is 0 Å². The van der Waals surface area contributed by atoms with Crippen LogP contribution in [0.4, 0.5) is 5.69 Å². The normalized spacial score (nSPS) is 13.8. The predicted molar refractivity (Wildman–Crippen MR) is 115 cm³/mol. The number of hydrogen-bond donors (Lipinski definition) is 1. The third-order valence-corrected chi connectivity index (χ3v) is 5.13. The summed E-state index contributed by atoms with van der Waals surface area (Å²) in [4.78, 5) is 8.87. The van der Waals surface area contributed by atoms with Crippen LogP contribution in [0.2, 0.25) is 0 Å². The smallest absolute Gasteiger partial charge is 0.194 e. The highest BCUT2D eigenvalue weighted by atomic mass is 16.5. The number of methoxy groups -OCH3 is 2. The summed E-state index contributed by atoms with van der Waals surface area (Å²) in [5.41, 5.74) is 4.99. The van der Waals surface area contributed by atoms with Gasteiger partial charge in [0.2, 0.25) is 0 Å². The van der Waals surface area contributed by atoms with Gasteiger partial charge in [-0.2, -0.15) is 0 Å². The van der Waals surface area contributed by atoms with Crippen molar-refractivity contribution in [2.24, 2.45) is 4.99 Å². The van der Waals surface area contributed by atoms with Gasteiger partial charge >= 0.3 is 0 Å². The largest absolute Gasteiger partial charge is 0.493 e. The van der Waals surface area contributed by atoms with E-state index in [2.05, 4.69) is 56.5 Å². The summed E-state index contributed by atoms with van der Waals surface area (Å²) in [6.07, 6.45) is 0.952. The lowest BCUT2D eigenvalue weighted by molar-refractivity contribution is 0.346. The van der Waals surface area contributed by atoms with E-state index < -0.39 is 0 Å². The molecule has 3 rings (SSSR count). The number of guanidine groups is 1. The number of anilines is 1. The number of ether oxygens (including phenoxy) is 2. The second-order valence-corrected chi connectivity index (χ2v) is 7.11. The maximum Gasteiger partial charge on any atom is 0.194 e. The molecular formula is C22H30N4O2. The molecule has 6 heteroatoms. The Balaban J connectivity index is 1.67. The highest BCUT2D eigenvalue weighted by molar-refractivity contribution is 5.80. The molecule has 1 heterocycles. The van der Waals surface area contributed by atoms with Crippen LogP contribution >= 0.6 is 0 Å². The quantitative estimate of drug-likeness (QED) is 0.637. The van der Waals surface area contributed by atoms with Crippen LogP contribution in [0.3, 0.4) is 0 Å². The fourth-order valence-corrected chi connectivity index (χ4v) is 3.49. The van der Waals surface area contributed by atoms with Crippen LogP contribution in [0.5, 0.6) is 11.5 Å². The van der Waals surface area contributed by atoms with Crippen LogP contribution in [0.1, 0.15) is 16.7 Å². The first kappa shape index (κ1) is 19.9. The van der Waals surface area contributed by atoms with Crippen LogP contribution in [-0.4, -0.2) is 52.8 Å². The van der Waals surface area contributed by atoms with E-state index in [1.54, 1.807) is 14.2 Å². The van der Waals surface area contributed by atoms with Gasteiger partial charge in [0, 0.05) is 46.5 Å². The van der Waals surface area contributed by atoms with Gasteiger partial charge in [0.05, 0.1) is 14.2 Å². The number of benzene rings is 2. The minimum Gasteiger partial charge on any atom is -0.493 e. The number of rotatable bonds is 5. The fraction of sp³-hybridized carbons (Fsp3) is 0.409. The first-order chi connectivity index (χ1) is 13.5. The zero-order chi connectivity index (χ0) is 20.1. The molecule has 2 aromatic rings. The molecule has 0 atom stereocenters. The molecule has 150 valence electrons. The van der Waals surface area contributed by atoms with Crippen LogP contribution < -0.4 is 19.7 Å². The van der Waals surface area contributed by atoms with Crippen molar-refractivity contribution >= 4 is 11.6 Å². The van der Waals surface area contributed by atoms with E-state index in [0.717, 1.165) is 43.5 Å². The number of fused-ring (bicyclic) bond motifs is 1. The lowest BCUT2D eigenvalue weighted by Crippen LogP contribution is -2.43. The molecule has 1 N–H and O–H groups in total. The van der Waals surface area contributed by atoms with Crippen LogP contribution in [-0.2, 0) is 19.5 Å². The van der Waals surface area contributed by atoms with Crippen molar-refractivity contribution in [3.05, 3.63) is 53.1 Å². The van der Waals surface area contributed by atoms with Crippen molar-refractivity contribution in [2.45, 2.75) is 19.5 Å². The van der Waals surface area contributed by atoms with Crippen molar-refractivity contribution < 1.29 is 9.47 Å². The van der Waals surface area contributed by atoms with Crippen molar-refractivity contribution in [1.82, 2.24) is 10.2 Å². The first-order valence-electron chi connectivity index (χ1n) is 9.51. The maximum atomic E-state index is 5.46. The fourth-order valence-electron chi connectivity index (χ4n) is 3.49. The number of nitrogens with one attached hydrogen (secondary N) is 1. The van der Waals surface area contributed by atoms with E-state index in [1.807, 2.05) is 21.1 Å². The average molecular weight is 383 g/mol. The minimum atomic E-state index is 0.746. The van der Waals surface area contributed by atoms with Crippen molar-refractivity contribution in [3.63, 3.8) is 0 Å². The van der Waals surface area contributed by atoms with Gasteiger partial charge in [-0.25, -0.2) is 0 Å². The molecule has 0 radical (unpaired) electrons. The molecule has 0 aliphatic carbocycles. The Morgan fingerprint density at radius 3 is 2.29 bits per heavy atom. The number of nitrogens with zero attached hydrogens (tertiary/aromatic N) is 3. The van der Waals surface area contributed by atoms with Crippen LogP contribution in [0.25, 0.3) is 0 Å². The first-order valence-corrected chi connectivity index (χ1v) is 9.51. The summed E-state index contributed by atoms with van der Waals surface area (Å²) in [5.74, 6) is 2.47. The molecule has 1 aliphatic rings. The van der Waals surface area contributed by atoms with E-state index in [9.17, 15) is 0 Å². The summed E-state index contributed by atoms with van der Waals surface area (Å²) >= 11 is 0. The Morgan fingerprint density at radius 1 is 1.07 bits per heavy atom. The Kier molecular flexibility index (Phi) is 6.29. The molecule has 0 saturated carbocycles. The topological polar surface area (TPSA) is 49.3 Å². The van der Waals surface area contributed by atoms with Gasteiger partial charge < -0.3 is 24.6 Å². The summed E-state index contributed by atoms with van der Waals surface area (Å²) < 4.78 is 10.9. The van der Waals surface area contributed by atoms with Crippen molar-refractivity contribution in [2.75, 3.05) is 46.8 Å². The lowest BCUT2D eigenvalue weighted by atomic mass is 9.99. The lowest BCUT2D eigenvalue weighted by Gasteiger charge is -2.32. The van der Waals surface area contributed by atoms with E-state index in [-0.39, 0.29) is 0 Å².